The number of amides is 1. The van der Waals surface area contributed by atoms with E-state index in [0.717, 1.165) is 74.3 Å². The molecule has 1 aromatic carbocycles. The quantitative estimate of drug-likeness (QED) is 0.424. The highest BCUT2D eigenvalue weighted by Crippen LogP contribution is 2.38. The summed E-state index contributed by atoms with van der Waals surface area (Å²) in [5.41, 5.74) is 3.90. The second-order valence-corrected chi connectivity index (χ2v) is 12.6. The van der Waals surface area contributed by atoms with E-state index in [9.17, 15) is 14.7 Å². The fourth-order valence-electron chi connectivity index (χ4n) is 5.52. The van der Waals surface area contributed by atoms with Crippen molar-refractivity contribution in [1.82, 2.24) is 15.2 Å². The number of carbonyl (C=O) groups is 2. The number of carboxylic acid groups (broad SMARTS) is 1. The third-order valence-electron chi connectivity index (χ3n) is 8.02. The Morgan fingerprint density at radius 2 is 1.92 bits per heavy atom. The normalized spacial score (nSPS) is 19.2. The second kappa shape index (κ2) is 11.1. The summed E-state index contributed by atoms with van der Waals surface area (Å²) in [5.74, 6) is -0.442. The molecule has 3 heterocycles. The number of ether oxygens (including phenoxy) is 1. The number of aromatic carboxylic acids is 1. The SMILES string of the molecule is CC(C)(C)C1CCc2nc3sc(C(=O)N[C@H](CCN4CCOCC4)c4ccc(C(=O)O)cc4)cc3cc2C1. The molecule has 1 aliphatic heterocycles. The van der Waals surface area contributed by atoms with E-state index in [0.29, 0.717) is 10.8 Å². The van der Waals surface area contributed by atoms with Gasteiger partial charge in [-0.15, -0.1) is 11.3 Å². The minimum absolute atomic E-state index is 0.118. The molecule has 2 aliphatic rings. The van der Waals surface area contributed by atoms with Crippen LogP contribution in [0.4, 0.5) is 0 Å². The molecule has 5 rings (SSSR count). The second-order valence-electron chi connectivity index (χ2n) is 11.6. The van der Waals surface area contributed by atoms with E-state index in [1.807, 2.05) is 6.07 Å². The summed E-state index contributed by atoms with van der Waals surface area (Å²) in [6, 6.07) is 10.8. The maximum Gasteiger partial charge on any atom is 0.335 e. The molecule has 2 N–H and O–H groups in total. The molecule has 2 aromatic heterocycles. The molecule has 3 aromatic rings. The fourth-order valence-corrected chi connectivity index (χ4v) is 6.46. The molecular formula is C30H37N3O4S. The Morgan fingerprint density at radius 1 is 1.18 bits per heavy atom. The van der Waals surface area contributed by atoms with Gasteiger partial charge in [0.2, 0.25) is 0 Å². The van der Waals surface area contributed by atoms with Gasteiger partial charge in [-0.25, -0.2) is 9.78 Å². The van der Waals surface area contributed by atoms with Gasteiger partial charge in [-0.1, -0.05) is 32.9 Å². The average molecular weight is 536 g/mol. The number of carboxylic acids is 1. The van der Waals surface area contributed by atoms with Crippen LogP contribution in [-0.2, 0) is 17.6 Å². The fraction of sp³-hybridized carbons (Fsp3) is 0.500. The number of hydrogen-bond acceptors (Lipinski definition) is 6. The van der Waals surface area contributed by atoms with Crippen LogP contribution >= 0.6 is 11.3 Å². The van der Waals surface area contributed by atoms with Crippen molar-refractivity contribution in [3.63, 3.8) is 0 Å². The summed E-state index contributed by atoms with van der Waals surface area (Å²) in [4.78, 5) is 33.7. The van der Waals surface area contributed by atoms with E-state index >= 15 is 0 Å². The van der Waals surface area contributed by atoms with Gasteiger partial charge in [-0.05, 0) is 72.4 Å². The molecule has 0 spiro atoms. The lowest BCUT2D eigenvalue weighted by Gasteiger charge is -2.34. The van der Waals surface area contributed by atoms with Gasteiger partial charge in [0.05, 0.1) is 29.7 Å². The number of nitrogens with one attached hydrogen (secondary N) is 1. The highest BCUT2D eigenvalue weighted by Gasteiger charge is 2.30. The number of aromatic nitrogens is 1. The highest BCUT2D eigenvalue weighted by atomic mass is 32.1. The van der Waals surface area contributed by atoms with Crippen LogP contribution in [0.2, 0.25) is 0 Å². The topological polar surface area (TPSA) is 91.8 Å². The van der Waals surface area contributed by atoms with E-state index in [-0.39, 0.29) is 22.9 Å². The van der Waals surface area contributed by atoms with Crippen molar-refractivity contribution in [3.05, 3.63) is 63.7 Å². The Kier molecular flexibility index (Phi) is 7.84. The van der Waals surface area contributed by atoms with Crippen LogP contribution in [0.25, 0.3) is 10.2 Å². The zero-order valence-electron chi connectivity index (χ0n) is 22.5. The van der Waals surface area contributed by atoms with Crippen molar-refractivity contribution < 1.29 is 19.4 Å². The van der Waals surface area contributed by atoms with Crippen LogP contribution in [0.1, 0.15) is 76.5 Å². The molecule has 0 bridgehead atoms. The molecule has 8 heteroatoms. The van der Waals surface area contributed by atoms with Gasteiger partial charge in [-0.3, -0.25) is 9.69 Å². The first-order valence-corrected chi connectivity index (χ1v) is 14.4. The molecule has 0 radical (unpaired) electrons. The zero-order valence-corrected chi connectivity index (χ0v) is 23.3. The van der Waals surface area contributed by atoms with Gasteiger partial charge < -0.3 is 15.2 Å². The Morgan fingerprint density at radius 3 is 2.61 bits per heavy atom. The lowest BCUT2D eigenvalue weighted by Crippen LogP contribution is -2.39. The summed E-state index contributed by atoms with van der Waals surface area (Å²) in [7, 11) is 0. The Labute approximate surface area is 228 Å². The van der Waals surface area contributed by atoms with Crippen molar-refractivity contribution >= 4 is 33.4 Å². The predicted molar refractivity (Wildman–Crippen MR) is 150 cm³/mol. The zero-order chi connectivity index (χ0) is 26.9. The van der Waals surface area contributed by atoms with Crippen molar-refractivity contribution in [1.29, 1.82) is 0 Å². The molecule has 1 amide bonds. The van der Waals surface area contributed by atoms with Crippen LogP contribution in [0.15, 0.2) is 36.4 Å². The monoisotopic (exact) mass is 535 g/mol. The summed E-state index contributed by atoms with van der Waals surface area (Å²) in [6.45, 7) is 11.0. The van der Waals surface area contributed by atoms with E-state index in [1.54, 1.807) is 24.3 Å². The number of pyridine rings is 1. The maximum atomic E-state index is 13.5. The summed E-state index contributed by atoms with van der Waals surface area (Å²) in [5, 5.41) is 13.6. The van der Waals surface area contributed by atoms with E-state index < -0.39 is 5.97 Å². The molecule has 38 heavy (non-hydrogen) atoms. The van der Waals surface area contributed by atoms with Gasteiger partial charge in [0.1, 0.15) is 4.83 Å². The number of aryl methyl sites for hydroxylation is 1. The minimum Gasteiger partial charge on any atom is -0.478 e. The van der Waals surface area contributed by atoms with Crippen molar-refractivity contribution in [2.45, 2.75) is 52.5 Å². The molecule has 202 valence electrons. The number of morpholine rings is 1. The van der Waals surface area contributed by atoms with Crippen LogP contribution in [0.3, 0.4) is 0 Å². The molecule has 2 atom stereocenters. The molecule has 7 nitrogen and oxygen atoms in total. The summed E-state index contributed by atoms with van der Waals surface area (Å²) in [6.07, 6.45) is 3.90. The number of thiophene rings is 1. The first-order valence-electron chi connectivity index (χ1n) is 13.5. The number of benzene rings is 1. The van der Waals surface area contributed by atoms with Crippen molar-refractivity contribution in [2.75, 3.05) is 32.8 Å². The lowest BCUT2D eigenvalue weighted by atomic mass is 9.71. The third kappa shape index (κ3) is 6.08. The van der Waals surface area contributed by atoms with Crippen LogP contribution in [0.5, 0.6) is 0 Å². The largest absolute Gasteiger partial charge is 0.478 e. The Bertz CT molecular complexity index is 1310. The first kappa shape index (κ1) is 26.8. The van der Waals surface area contributed by atoms with Crippen molar-refractivity contribution in [2.24, 2.45) is 11.3 Å². The number of carbonyl (C=O) groups excluding carboxylic acids is 1. The smallest absolute Gasteiger partial charge is 0.335 e. The molecule has 1 aliphatic carbocycles. The van der Waals surface area contributed by atoms with E-state index in [1.165, 1.54) is 22.6 Å². The van der Waals surface area contributed by atoms with Gasteiger partial charge in [0, 0.05) is 30.7 Å². The predicted octanol–water partition coefficient (Wildman–Crippen LogP) is 5.34. The number of fused-ring (bicyclic) bond motifs is 2. The Hall–Kier alpha value is -2.81. The first-order chi connectivity index (χ1) is 18.2. The summed E-state index contributed by atoms with van der Waals surface area (Å²) < 4.78 is 5.47. The standard InChI is InChI=1S/C30H37N3O4S/c1-30(2,3)23-8-9-24-21(17-23)16-22-18-26(38-28(22)32-24)27(34)31-25(10-11-33-12-14-37-15-13-33)19-4-6-20(7-5-19)29(35)36/h4-7,16,18,23,25H,8-15,17H2,1-3H3,(H,31,34)(H,35,36)/t23?,25-/m1/s1. The third-order valence-corrected chi connectivity index (χ3v) is 9.07. The Balaban J connectivity index is 1.35. The van der Waals surface area contributed by atoms with Crippen molar-refractivity contribution in [3.8, 4) is 0 Å². The van der Waals surface area contributed by atoms with Gasteiger partial charge in [0.15, 0.2) is 0 Å². The summed E-state index contributed by atoms with van der Waals surface area (Å²) >= 11 is 1.45. The molecule has 1 fully saturated rings. The van der Waals surface area contributed by atoms with E-state index in [4.69, 9.17) is 9.72 Å². The van der Waals surface area contributed by atoms with Crippen LogP contribution in [0, 0.1) is 11.3 Å². The maximum absolute atomic E-state index is 13.5. The number of nitrogens with zero attached hydrogens (tertiary/aromatic N) is 2. The lowest BCUT2D eigenvalue weighted by molar-refractivity contribution is 0.0360. The van der Waals surface area contributed by atoms with Gasteiger partial charge in [-0.2, -0.15) is 0 Å². The van der Waals surface area contributed by atoms with Crippen LogP contribution in [-0.4, -0.2) is 59.7 Å². The molecule has 1 saturated heterocycles. The van der Waals surface area contributed by atoms with Crippen LogP contribution < -0.4 is 5.32 Å². The minimum atomic E-state index is -0.959. The number of hydrogen-bond donors (Lipinski definition) is 2. The molecule has 0 saturated carbocycles. The number of rotatable bonds is 7. The highest BCUT2D eigenvalue weighted by molar-refractivity contribution is 7.20. The average Bonchev–Trinajstić information content (AvgIpc) is 3.32. The molecular weight excluding hydrogens is 498 g/mol. The van der Waals surface area contributed by atoms with Gasteiger partial charge in [0.25, 0.3) is 5.91 Å². The van der Waals surface area contributed by atoms with E-state index in [2.05, 4.69) is 37.1 Å². The molecule has 1 unspecified atom stereocenters. The van der Waals surface area contributed by atoms with Gasteiger partial charge >= 0.3 is 5.97 Å².